The number of allylic oxidation sites excluding steroid dienone is 1. The average molecular weight is 370 g/mol. The van der Waals surface area contributed by atoms with Gasteiger partial charge < -0.3 is 19.7 Å². The van der Waals surface area contributed by atoms with E-state index in [1.165, 1.54) is 5.56 Å². The zero-order valence-electron chi connectivity index (χ0n) is 17.1. The average Bonchev–Trinajstić information content (AvgIpc) is 2.47. The molecule has 4 nitrogen and oxygen atoms in total. The Hall–Kier alpha value is -1.78. The molecule has 2 N–H and O–H groups in total. The van der Waals surface area contributed by atoms with Crippen molar-refractivity contribution in [1.29, 1.82) is 0 Å². The van der Waals surface area contributed by atoms with Crippen LogP contribution in [0, 0.1) is 12.3 Å². The van der Waals surface area contributed by atoms with Crippen LogP contribution in [-0.2, 0) is 10.2 Å². The first-order chi connectivity index (χ1) is 12.3. The van der Waals surface area contributed by atoms with Gasteiger partial charge in [0, 0.05) is 30.2 Å². The molecule has 0 radical (unpaired) electrons. The molecule has 0 saturated heterocycles. The predicted molar refractivity (Wildman–Crippen MR) is 104 cm³/mol. The van der Waals surface area contributed by atoms with Crippen molar-refractivity contribution in [3.05, 3.63) is 52.3 Å². The van der Waals surface area contributed by atoms with Gasteiger partial charge in [0.2, 0.25) is 0 Å². The molecule has 146 valence electrons. The Labute approximate surface area is 161 Å². The summed E-state index contributed by atoms with van der Waals surface area (Å²) in [6.45, 7) is 12.5. The Morgan fingerprint density at radius 2 is 1.59 bits per heavy atom. The fourth-order valence-corrected chi connectivity index (χ4v) is 4.99. The maximum atomic E-state index is 10.3. The van der Waals surface area contributed by atoms with Crippen LogP contribution >= 0.6 is 0 Å². The number of rotatable bonds is 0. The summed E-state index contributed by atoms with van der Waals surface area (Å²) in [6, 6.07) is 6.38. The molecule has 0 aromatic heterocycles. The van der Waals surface area contributed by atoms with Crippen LogP contribution in [0.1, 0.15) is 65.0 Å². The van der Waals surface area contributed by atoms with Crippen LogP contribution in [0.5, 0.6) is 5.75 Å². The van der Waals surface area contributed by atoms with E-state index in [2.05, 4.69) is 52.8 Å². The molecule has 4 rings (SSSR count). The molecule has 1 aromatic carbocycles. The number of aliphatic hydroxyl groups is 2. The van der Waals surface area contributed by atoms with Gasteiger partial charge in [0.15, 0.2) is 5.79 Å². The Morgan fingerprint density at radius 3 is 2.30 bits per heavy atom. The van der Waals surface area contributed by atoms with Crippen LogP contribution in [0.3, 0.4) is 0 Å². The number of benzene rings is 1. The van der Waals surface area contributed by atoms with Crippen molar-refractivity contribution in [3.63, 3.8) is 0 Å². The van der Waals surface area contributed by atoms with E-state index in [0.29, 0.717) is 12.0 Å². The molecule has 3 aliphatic rings. The van der Waals surface area contributed by atoms with Gasteiger partial charge in [-0.2, -0.15) is 0 Å². The minimum Gasteiger partial charge on any atom is -0.452 e. The summed E-state index contributed by atoms with van der Waals surface area (Å²) in [5, 5.41) is 20.7. The minimum atomic E-state index is -1.81. The van der Waals surface area contributed by atoms with Gasteiger partial charge in [-0.3, -0.25) is 0 Å². The lowest BCUT2D eigenvalue weighted by molar-refractivity contribution is -0.211. The second-order valence-electron chi connectivity index (χ2n) is 9.90. The normalized spacial score (nSPS) is 30.0. The van der Waals surface area contributed by atoms with E-state index in [1.807, 2.05) is 0 Å². The van der Waals surface area contributed by atoms with E-state index < -0.39 is 11.6 Å². The molecule has 0 saturated carbocycles. The molecule has 1 aromatic rings. The zero-order valence-corrected chi connectivity index (χ0v) is 17.1. The summed E-state index contributed by atoms with van der Waals surface area (Å²) in [5.74, 6) is -0.940. The first-order valence-corrected chi connectivity index (χ1v) is 9.70. The third-order valence-electron chi connectivity index (χ3n) is 6.40. The van der Waals surface area contributed by atoms with Gasteiger partial charge in [-0.15, -0.1) is 0 Å². The second-order valence-corrected chi connectivity index (χ2v) is 9.90. The first kappa shape index (κ1) is 18.6. The number of fused-ring (bicyclic) bond motifs is 1. The van der Waals surface area contributed by atoms with Gasteiger partial charge in [0.1, 0.15) is 11.5 Å². The molecule has 2 aliphatic heterocycles. The Morgan fingerprint density at radius 1 is 0.926 bits per heavy atom. The largest absolute Gasteiger partial charge is 0.452 e. The molecule has 2 heterocycles. The third kappa shape index (κ3) is 2.90. The lowest BCUT2D eigenvalue weighted by atomic mass is 9.66. The Balaban J connectivity index is 1.80. The van der Waals surface area contributed by atoms with Gasteiger partial charge in [0.25, 0.3) is 5.79 Å². The highest BCUT2D eigenvalue weighted by Crippen LogP contribution is 2.56. The quantitative estimate of drug-likeness (QED) is 0.661. The standard InChI is InChI=1S/C23H30O4/c1-14-7-8-16-18(9-14)26-22(12-20(16,3)4)13-21(5,6)17-11-23(24,25)15(2)10-19(17)27-22/h7-10,24-25H,11-13H2,1-6H3. The third-order valence-corrected chi connectivity index (χ3v) is 6.40. The number of ether oxygens (including phenoxy) is 2. The van der Waals surface area contributed by atoms with Crippen LogP contribution in [0.2, 0.25) is 0 Å². The monoisotopic (exact) mass is 370 g/mol. The van der Waals surface area contributed by atoms with E-state index in [0.717, 1.165) is 29.1 Å². The van der Waals surface area contributed by atoms with Crippen molar-refractivity contribution in [1.82, 2.24) is 0 Å². The van der Waals surface area contributed by atoms with Gasteiger partial charge in [-0.1, -0.05) is 39.8 Å². The van der Waals surface area contributed by atoms with Crippen molar-refractivity contribution in [2.45, 2.75) is 77.8 Å². The molecule has 1 unspecified atom stereocenters. The molecule has 1 spiro atoms. The van der Waals surface area contributed by atoms with Crippen LogP contribution in [0.25, 0.3) is 0 Å². The van der Waals surface area contributed by atoms with Crippen LogP contribution in [0.15, 0.2) is 41.2 Å². The molecule has 1 aliphatic carbocycles. The summed E-state index contributed by atoms with van der Waals surface area (Å²) >= 11 is 0. The molecule has 0 amide bonds. The Kier molecular flexibility index (Phi) is 3.71. The lowest BCUT2D eigenvalue weighted by Gasteiger charge is -2.53. The first-order valence-electron chi connectivity index (χ1n) is 9.70. The Bertz CT molecular complexity index is 872. The fraction of sp³-hybridized carbons (Fsp3) is 0.565. The maximum absolute atomic E-state index is 10.3. The minimum absolute atomic E-state index is 0.0828. The molecule has 1 atom stereocenters. The summed E-state index contributed by atoms with van der Waals surface area (Å²) in [7, 11) is 0. The highest BCUT2D eigenvalue weighted by atomic mass is 16.7. The van der Waals surface area contributed by atoms with Crippen molar-refractivity contribution < 1.29 is 19.7 Å². The summed E-state index contributed by atoms with van der Waals surface area (Å²) in [6.07, 6.45) is 3.35. The van der Waals surface area contributed by atoms with E-state index in [-0.39, 0.29) is 17.3 Å². The number of hydrogen-bond donors (Lipinski definition) is 2. The molecule has 4 heteroatoms. The summed E-state index contributed by atoms with van der Waals surface area (Å²) in [5.41, 5.74) is 3.47. The molecule has 0 fully saturated rings. The van der Waals surface area contributed by atoms with Gasteiger partial charge >= 0.3 is 0 Å². The van der Waals surface area contributed by atoms with Crippen molar-refractivity contribution in [3.8, 4) is 5.75 Å². The van der Waals surface area contributed by atoms with Crippen molar-refractivity contribution >= 4 is 0 Å². The highest BCUT2D eigenvalue weighted by molar-refractivity contribution is 5.45. The number of hydrogen-bond acceptors (Lipinski definition) is 4. The second kappa shape index (κ2) is 5.39. The lowest BCUT2D eigenvalue weighted by Crippen LogP contribution is -2.54. The zero-order chi connectivity index (χ0) is 19.8. The number of aryl methyl sites for hydroxylation is 1. The molecular formula is C23H30O4. The summed E-state index contributed by atoms with van der Waals surface area (Å²) in [4.78, 5) is 0. The SMILES string of the molecule is CC1=CC2=C(CC1(O)O)C(C)(C)CC1(CC(C)(C)c3ccc(C)cc3O1)O2. The van der Waals surface area contributed by atoms with Gasteiger partial charge in [0.05, 0.1) is 0 Å². The molecular weight excluding hydrogens is 340 g/mol. The topological polar surface area (TPSA) is 58.9 Å². The van der Waals surface area contributed by atoms with Crippen molar-refractivity contribution in [2.24, 2.45) is 5.41 Å². The van der Waals surface area contributed by atoms with E-state index in [9.17, 15) is 10.2 Å². The van der Waals surface area contributed by atoms with Gasteiger partial charge in [-0.25, -0.2) is 0 Å². The molecule has 27 heavy (non-hydrogen) atoms. The predicted octanol–water partition coefficient (Wildman–Crippen LogP) is 4.48. The molecule has 0 bridgehead atoms. The van der Waals surface area contributed by atoms with Crippen LogP contribution < -0.4 is 4.74 Å². The van der Waals surface area contributed by atoms with E-state index in [4.69, 9.17) is 9.47 Å². The van der Waals surface area contributed by atoms with E-state index in [1.54, 1.807) is 13.0 Å². The van der Waals surface area contributed by atoms with Crippen LogP contribution in [-0.4, -0.2) is 21.8 Å². The maximum Gasteiger partial charge on any atom is 0.252 e. The fourth-order valence-electron chi connectivity index (χ4n) is 4.99. The highest BCUT2D eigenvalue weighted by Gasteiger charge is 2.55. The van der Waals surface area contributed by atoms with Gasteiger partial charge in [-0.05, 0) is 48.1 Å². The van der Waals surface area contributed by atoms with E-state index >= 15 is 0 Å². The summed E-state index contributed by atoms with van der Waals surface area (Å²) < 4.78 is 13.0. The van der Waals surface area contributed by atoms with Crippen LogP contribution in [0.4, 0.5) is 0 Å². The van der Waals surface area contributed by atoms with Crippen molar-refractivity contribution in [2.75, 3.05) is 0 Å². The smallest absolute Gasteiger partial charge is 0.252 e.